The van der Waals surface area contributed by atoms with Crippen LogP contribution in [0.2, 0.25) is 0 Å². The quantitative estimate of drug-likeness (QED) is 0.425. The molecule has 1 aliphatic carbocycles. The first-order valence-electron chi connectivity index (χ1n) is 11.0. The fourth-order valence-electron chi connectivity index (χ4n) is 3.58. The Bertz CT molecular complexity index is 880. The van der Waals surface area contributed by atoms with E-state index in [0.717, 1.165) is 17.5 Å². The van der Waals surface area contributed by atoms with Crippen LogP contribution in [0.25, 0.3) is 0 Å². The molecular weight excluding hydrogens is 408 g/mol. The second-order valence-electron chi connectivity index (χ2n) is 7.81. The molecule has 32 heavy (non-hydrogen) atoms. The molecule has 1 N–H and O–H groups in total. The number of unbranched alkanes of at least 4 members (excludes halogenated alkanes) is 1. The summed E-state index contributed by atoms with van der Waals surface area (Å²) in [6.45, 7) is 2.45. The van der Waals surface area contributed by atoms with Crippen LogP contribution in [0.15, 0.2) is 72.3 Å². The molecule has 1 aliphatic rings. The highest BCUT2D eigenvalue weighted by atomic mass is 16.6. The van der Waals surface area contributed by atoms with E-state index in [1.807, 2.05) is 67.6 Å². The summed E-state index contributed by atoms with van der Waals surface area (Å²) in [7, 11) is 0. The van der Waals surface area contributed by atoms with Gasteiger partial charge in [-0.25, -0.2) is 0 Å². The van der Waals surface area contributed by atoms with Crippen LogP contribution in [0.1, 0.15) is 37.3 Å². The molecule has 0 saturated heterocycles. The molecule has 0 aromatic heterocycles. The van der Waals surface area contributed by atoms with Gasteiger partial charge in [-0.1, -0.05) is 74.0 Å². The van der Waals surface area contributed by atoms with Gasteiger partial charge in [0.1, 0.15) is 24.6 Å². The van der Waals surface area contributed by atoms with Gasteiger partial charge in [0.05, 0.1) is 13.2 Å². The molecular formula is C26H30O6. The van der Waals surface area contributed by atoms with E-state index in [4.69, 9.17) is 14.2 Å². The van der Waals surface area contributed by atoms with Crippen LogP contribution in [0.5, 0.6) is 0 Å². The van der Waals surface area contributed by atoms with Gasteiger partial charge in [-0.15, -0.1) is 0 Å². The van der Waals surface area contributed by atoms with Crippen molar-refractivity contribution >= 4 is 12.3 Å². The maximum atomic E-state index is 12.5. The van der Waals surface area contributed by atoms with Crippen LogP contribution < -0.4 is 0 Å². The van der Waals surface area contributed by atoms with E-state index in [1.54, 1.807) is 0 Å². The van der Waals surface area contributed by atoms with Crippen LogP contribution in [-0.4, -0.2) is 41.8 Å². The van der Waals surface area contributed by atoms with Gasteiger partial charge >= 0.3 is 5.97 Å². The molecule has 0 aliphatic heterocycles. The lowest BCUT2D eigenvalue weighted by molar-refractivity contribution is -0.184. The fourth-order valence-corrected chi connectivity index (χ4v) is 3.58. The average Bonchev–Trinajstić information content (AvgIpc) is 2.83. The van der Waals surface area contributed by atoms with E-state index in [1.165, 1.54) is 6.08 Å². The minimum Gasteiger partial charge on any atom is -0.456 e. The number of ether oxygens (including phenoxy) is 3. The van der Waals surface area contributed by atoms with Crippen molar-refractivity contribution in [2.24, 2.45) is 0 Å². The molecule has 6 nitrogen and oxygen atoms in total. The number of aliphatic hydroxyl groups is 1. The number of carbonyl (C=O) groups excluding carboxylic acids is 2. The zero-order valence-corrected chi connectivity index (χ0v) is 18.3. The third kappa shape index (κ3) is 6.60. The minimum absolute atomic E-state index is 0.155. The summed E-state index contributed by atoms with van der Waals surface area (Å²) in [6.07, 6.45) is 0.176. The first kappa shape index (κ1) is 23.9. The number of esters is 1. The molecule has 0 amide bonds. The summed E-state index contributed by atoms with van der Waals surface area (Å²) in [4.78, 5) is 24.1. The number of aliphatic hydroxyl groups excluding tert-OH is 1. The first-order valence-corrected chi connectivity index (χ1v) is 11.0. The third-order valence-electron chi connectivity index (χ3n) is 5.37. The molecule has 0 heterocycles. The van der Waals surface area contributed by atoms with E-state index in [2.05, 4.69) is 0 Å². The number of benzene rings is 2. The molecule has 6 heteroatoms. The number of rotatable bonds is 11. The molecule has 0 radical (unpaired) electrons. The summed E-state index contributed by atoms with van der Waals surface area (Å²) in [5, 5.41) is 10.8. The van der Waals surface area contributed by atoms with Gasteiger partial charge in [0.25, 0.3) is 0 Å². The first-order chi connectivity index (χ1) is 15.6. The van der Waals surface area contributed by atoms with Crippen molar-refractivity contribution in [2.75, 3.05) is 0 Å². The van der Waals surface area contributed by atoms with Gasteiger partial charge in [0, 0.05) is 12.0 Å². The minimum atomic E-state index is -1.23. The molecule has 0 saturated carbocycles. The Morgan fingerprint density at radius 2 is 1.53 bits per heavy atom. The Kier molecular flexibility index (Phi) is 9.16. The lowest BCUT2D eigenvalue weighted by Gasteiger charge is -2.38. The van der Waals surface area contributed by atoms with Gasteiger partial charge in [-0.05, 0) is 23.6 Å². The highest BCUT2D eigenvalue weighted by Crippen LogP contribution is 2.28. The van der Waals surface area contributed by atoms with E-state index in [0.29, 0.717) is 12.7 Å². The van der Waals surface area contributed by atoms with Crippen molar-refractivity contribution in [1.82, 2.24) is 0 Å². The Hall–Kier alpha value is -2.80. The predicted octanol–water partition coefficient (Wildman–Crippen LogP) is 3.76. The van der Waals surface area contributed by atoms with Crippen molar-refractivity contribution < 1.29 is 28.9 Å². The molecule has 4 atom stereocenters. The highest BCUT2D eigenvalue weighted by molar-refractivity contribution is 5.76. The van der Waals surface area contributed by atoms with Gasteiger partial charge in [0.15, 0.2) is 6.10 Å². The molecule has 0 bridgehead atoms. The predicted molar refractivity (Wildman–Crippen MR) is 120 cm³/mol. The van der Waals surface area contributed by atoms with Crippen molar-refractivity contribution in [3.8, 4) is 0 Å². The molecule has 0 unspecified atom stereocenters. The van der Waals surface area contributed by atoms with Crippen LogP contribution in [0.4, 0.5) is 0 Å². The molecule has 2 aromatic rings. The number of hydrogen-bond donors (Lipinski definition) is 1. The fraction of sp³-hybridized carbons (Fsp3) is 0.385. The largest absolute Gasteiger partial charge is 0.456 e. The van der Waals surface area contributed by atoms with E-state index in [9.17, 15) is 14.7 Å². The normalized spacial score (nSPS) is 22.8. The summed E-state index contributed by atoms with van der Waals surface area (Å²) in [5.74, 6) is -0.381. The summed E-state index contributed by atoms with van der Waals surface area (Å²) >= 11 is 0. The molecule has 170 valence electrons. The maximum Gasteiger partial charge on any atom is 0.306 e. The summed E-state index contributed by atoms with van der Waals surface area (Å²) in [5.41, 5.74) is 2.00. The standard InChI is InChI=1S/C26H30O6/c1-2-3-14-23(28)32-25-22(30-17-19-10-6-4-7-11-19)15-21(16-27)24(29)26(25)31-18-20-12-8-5-9-13-20/h4-13,15-16,22,24-26,29H,2-3,14,17-18H2,1H3/t22-,24-,25+,26+/m0/s1. The second kappa shape index (κ2) is 12.3. The Labute approximate surface area is 188 Å². The van der Waals surface area contributed by atoms with E-state index < -0.39 is 24.4 Å². The lowest BCUT2D eigenvalue weighted by Crippen LogP contribution is -2.53. The van der Waals surface area contributed by atoms with Gasteiger partial charge < -0.3 is 19.3 Å². The average molecular weight is 439 g/mol. The monoisotopic (exact) mass is 438 g/mol. The smallest absolute Gasteiger partial charge is 0.306 e. The highest BCUT2D eigenvalue weighted by Gasteiger charge is 2.43. The summed E-state index contributed by atoms with van der Waals surface area (Å²) < 4.78 is 17.8. The third-order valence-corrected chi connectivity index (χ3v) is 5.37. The number of carbonyl (C=O) groups is 2. The zero-order chi connectivity index (χ0) is 22.8. The molecule has 2 aromatic carbocycles. The number of hydrogen-bond acceptors (Lipinski definition) is 6. The lowest BCUT2D eigenvalue weighted by atomic mass is 9.89. The zero-order valence-electron chi connectivity index (χ0n) is 18.3. The van der Waals surface area contributed by atoms with Crippen LogP contribution in [-0.2, 0) is 37.0 Å². The van der Waals surface area contributed by atoms with Crippen LogP contribution in [0.3, 0.4) is 0 Å². The van der Waals surface area contributed by atoms with Crippen LogP contribution in [0, 0.1) is 0 Å². The van der Waals surface area contributed by atoms with Crippen molar-refractivity contribution in [2.45, 2.75) is 63.8 Å². The Morgan fingerprint density at radius 3 is 2.09 bits per heavy atom. The van der Waals surface area contributed by atoms with Gasteiger partial charge in [-0.3, -0.25) is 9.59 Å². The summed E-state index contributed by atoms with van der Waals surface area (Å²) in [6, 6.07) is 19.1. The SMILES string of the molecule is CCCCC(=O)O[C@H]1[C@H](OCc2ccccc2)[C@@H](O)C(C=O)=C[C@@H]1OCc1ccccc1. The van der Waals surface area contributed by atoms with Crippen molar-refractivity contribution in [3.63, 3.8) is 0 Å². The topological polar surface area (TPSA) is 82.1 Å². The van der Waals surface area contributed by atoms with E-state index >= 15 is 0 Å². The van der Waals surface area contributed by atoms with Crippen LogP contribution >= 0.6 is 0 Å². The van der Waals surface area contributed by atoms with Crippen molar-refractivity contribution in [1.29, 1.82) is 0 Å². The molecule has 3 rings (SSSR count). The Morgan fingerprint density at radius 1 is 0.938 bits per heavy atom. The van der Waals surface area contributed by atoms with Crippen molar-refractivity contribution in [3.05, 3.63) is 83.4 Å². The molecule has 0 spiro atoms. The maximum absolute atomic E-state index is 12.5. The second-order valence-corrected chi connectivity index (χ2v) is 7.81. The Balaban J connectivity index is 1.81. The molecule has 0 fully saturated rings. The van der Waals surface area contributed by atoms with Gasteiger partial charge in [-0.2, -0.15) is 0 Å². The van der Waals surface area contributed by atoms with E-state index in [-0.39, 0.29) is 31.2 Å². The number of aldehydes is 1. The van der Waals surface area contributed by atoms with Gasteiger partial charge in [0.2, 0.25) is 0 Å².